The predicted octanol–water partition coefficient (Wildman–Crippen LogP) is 3.56. The molecule has 2 N–H and O–H groups in total. The standard InChI is InChI=1S/C15H19ClN2O/c1-11-4-6-15(19,7-5-11)10-18-13-3-2-12(9-17)14(16)8-13/h2-3,8,11,18-19H,4-7,10H2,1H3. The first kappa shape index (κ1) is 14.2. The van der Waals surface area contributed by atoms with E-state index in [2.05, 4.69) is 12.2 Å². The van der Waals surface area contributed by atoms with Crippen molar-refractivity contribution in [1.82, 2.24) is 0 Å². The summed E-state index contributed by atoms with van der Waals surface area (Å²) in [6.07, 6.45) is 3.83. The first-order valence-electron chi connectivity index (χ1n) is 6.68. The molecule has 102 valence electrons. The molecule has 1 aromatic carbocycles. The molecule has 0 spiro atoms. The van der Waals surface area contributed by atoms with Gasteiger partial charge in [0, 0.05) is 12.2 Å². The van der Waals surface area contributed by atoms with Gasteiger partial charge in [0.2, 0.25) is 0 Å². The van der Waals surface area contributed by atoms with E-state index in [-0.39, 0.29) is 0 Å². The van der Waals surface area contributed by atoms with Crippen molar-refractivity contribution >= 4 is 17.3 Å². The zero-order valence-corrected chi connectivity index (χ0v) is 11.9. The number of nitrogens with one attached hydrogen (secondary N) is 1. The normalized spacial score (nSPS) is 26.7. The second kappa shape index (κ2) is 5.81. The van der Waals surface area contributed by atoms with E-state index < -0.39 is 5.60 Å². The van der Waals surface area contributed by atoms with Gasteiger partial charge in [0.15, 0.2) is 0 Å². The Morgan fingerprint density at radius 3 is 2.74 bits per heavy atom. The van der Waals surface area contributed by atoms with Gasteiger partial charge in [0.05, 0.1) is 16.2 Å². The van der Waals surface area contributed by atoms with Gasteiger partial charge in [-0.3, -0.25) is 0 Å². The summed E-state index contributed by atoms with van der Waals surface area (Å²) in [5.41, 5.74) is 0.695. The molecule has 0 amide bonds. The maximum Gasteiger partial charge on any atom is 0.101 e. The van der Waals surface area contributed by atoms with Crippen LogP contribution in [0.4, 0.5) is 5.69 Å². The van der Waals surface area contributed by atoms with Crippen molar-refractivity contribution in [2.75, 3.05) is 11.9 Å². The summed E-state index contributed by atoms with van der Waals surface area (Å²) in [7, 11) is 0. The number of hydrogen-bond acceptors (Lipinski definition) is 3. The fraction of sp³-hybridized carbons (Fsp3) is 0.533. The smallest absolute Gasteiger partial charge is 0.101 e. The van der Waals surface area contributed by atoms with E-state index >= 15 is 0 Å². The van der Waals surface area contributed by atoms with Crippen LogP contribution in [0.2, 0.25) is 5.02 Å². The van der Waals surface area contributed by atoms with Crippen LogP contribution in [0.1, 0.15) is 38.2 Å². The van der Waals surface area contributed by atoms with Gasteiger partial charge in [-0.15, -0.1) is 0 Å². The molecular formula is C15H19ClN2O. The molecule has 0 atom stereocenters. The number of hydrogen-bond donors (Lipinski definition) is 2. The van der Waals surface area contributed by atoms with Crippen molar-refractivity contribution in [2.45, 2.75) is 38.2 Å². The molecule has 1 fully saturated rings. The Hall–Kier alpha value is -1.24. The van der Waals surface area contributed by atoms with Crippen molar-refractivity contribution in [3.8, 4) is 6.07 Å². The average molecular weight is 279 g/mol. The van der Waals surface area contributed by atoms with Crippen molar-refractivity contribution in [3.05, 3.63) is 28.8 Å². The highest BCUT2D eigenvalue weighted by Crippen LogP contribution is 2.32. The largest absolute Gasteiger partial charge is 0.388 e. The lowest BCUT2D eigenvalue weighted by molar-refractivity contribution is 0.00501. The highest BCUT2D eigenvalue weighted by Gasteiger charge is 2.31. The Labute approximate surface area is 119 Å². The summed E-state index contributed by atoms with van der Waals surface area (Å²) in [4.78, 5) is 0. The highest BCUT2D eigenvalue weighted by molar-refractivity contribution is 6.32. The van der Waals surface area contributed by atoms with Crippen molar-refractivity contribution in [1.29, 1.82) is 5.26 Å². The molecule has 1 saturated carbocycles. The zero-order chi connectivity index (χ0) is 13.9. The van der Waals surface area contributed by atoms with Gasteiger partial charge in [0.1, 0.15) is 6.07 Å². The van der Waals surface area contributed by atoms with E-state index in [4.69, 9.17) is 16.9 Å². The lowest BCUT2D eigenvalue weighted by atomic mass is 9.79. The highest BCUT2D eigenvalue weighted by atomic mass is 35.5. The predicted molar refractivity (Wildman–Crippen MR) is 77.2 cm³/mol. The quantitative estimate of drug-likeness (QED) is 0.889. The van der Waals surface area contributed by atoms with Gasteiger partial charge in [-0.05, 0) is 49.8 Å². The van der Waals surface area contributed by atoms with Gasteiger partial charge >= 0.3 is 0 Å². The fourth-order valence-electron chi connectivity index (χ4n) is 2.46. The van der Waals surface area contributed by atoms with Crippen LogP contribution in [-0.4, -0.2) is 17.3 Å². The van der Waals surface area contributed by atoms with Crippen LogP contribution >= 0.6 is 11.6 Å². The zero-order valence-electron chi connectivity index (χ0n) is 11.1. The fourth-order valence-corrected chi connectivity index (χ4v) is 2.68. The van der Waals surface area contributed by atoms with E-state index in [0.717, 1.165) is 31.4 Å². The second-order valence-corrected chi connectivity index (χ2v) is 5.97. The minimum atomic E-state index is -0.618. The maximum atomic E-state index is 10.5. The number of nitriles is 1. The van der Waals surface area contributed by atoms with Crippen molar-refractivity contribution in [2.24, 2.45) is 5.92 Å². The van der Waals surface area contributed by atoms with Crippen LogP contribution in [0.15, 0.2) is 18.2 Å². The molecule has 1 aliphatic rings. The Kier molecular flexibility index (Phi) is 4.34. The number of anilines is 1. The minimum Gasteiger partial charge on any atom is -0.388 e. The summed E-state index contributed by atoms with van der Waals surface area (Å²) in [6, 6.07) is 7.27. The topological polar surface area (TPSA) is 56.0 Å². The molecule has 4 heteroatoms. The van der Waals surface area contributed by atoms with E-state index in [1.165, 1.54) is 0 Å². The molecule has 0 aromatic heterocycles. The first-order chi connectivity index (χ1) is 9.02. The van der Waals surface area contributed by atoms with Crippen LogP contribution in [0.25, 0.3) is 0 Å². The van der Waals surface area contributed by atoms with Crippen LogP contribution in [0.5, 0.6) is 0 Å². The van der Waals surface area contributed by atoms with Crippen LogP contribution in [0.3, 0.4) is 0 Å². The summed E-state index contributed by atoms with van der Waals surface area (Å²) >= 11 is 5.98. The summed E-state index contributed by atoms with van der Waals surface area (Å²) in [5.74, 6) is 0.713. The third kappa shape index (κ3) is 3.62. The van der Waals surface area contributed by atoms with Gasteiger partial charge in [-0.25, -0.2) is 0 Å². The Morgan fingerprint density at radius 1 is 1.47 bits per heavy atom. The van der Waals surface area contributed by atoms with Gasteiger partial charge < -0.3 is 10.4 Å². The Balaban J connectivity index is 1.95. The van der Waals surface area contributed by atoms with Crippen molar-refractivity contribution < 1.29 is 5.11 Å². The molecule has 0 radical (unpaired) electrons. The molecule has 1 aliphatic carbocycles. The number of nitrogens with zero attached hydrogens (tertiary/aromatic N) is 1. The molecule has 0 aliphatic heterocycles. The first-order valence-corrected chi connectivity index (χ1v) is 7.06. The third-order valence-electron chi connectivity index (χ3n) is 3.92. The van der Waals surface area contributed by atoms with E-state index in [9.17, 15) is 5.11 Å². The molecule has 2 rings (SSSR count). The number of rotatable bonds is 3. The van der Waals surface area contributed by atoms with E-state index in [1.807, 2.05) is 12.1 Å². The van der Waals surface area contributed by atoms with Gasteiger partial charge in [-0.2, -0.15) is 5.26 Å². The monoisotopic (exact) mass is 278 g/mol. The van der Waals surface area contributed by atoms with Gasteiger partial charge in [0.25, 0.3) is 0 Å². The van der Waals surface area contributed by atoms with Crippen LogP contribution in [-0.2, 0) is 0 Å². The van der Waals surface area contributed by atoms with Crippen LogP contribution < -0.4 is 5.32 Å². The summed E-state index contributed by atoms with van der Waals surface area (Å²) in [6.45, 7) is 2.76. The Morgan fingerprint density at radius 2 is 2.16 bits per heavy atom. The van der Waals surface area contributed by atoms with Crippen molar-refractivity contribution in [3.63, 3.8) is 0 Å². The molecule has 0 heterocycles. The SMILES string of the molecule is CC1CCC(O)(CNc2ccc(C#N)c(Cl)c2)CC1. The average Bonchev–Trinajstić information content (AvgIpc) is 2.41. The Bertz CT molecular complexity index is 487. The second-order valence-electron chi connectivity index (χ2n) is 5.57. The number of aliphatic hydroxyl groups is 1. The molecule has 0 unspecified atom stereocenters. The molecule has 3 nitrogen and oxygen atoms in total. The summed E-state index contributed by atoms with van der Waals surface area (Å²) < 4.78 is 0. The molecular weight excluding hydrogens is 260 g/mol. The van der Waals surface area contributed by atoms with Crippen LogP contribution in [0, 0.1) is 17.2 Å². The lowest BCUT2D eigenvalue weighted by Gasteiger charge is -2.35. The number of benzene rings is 1. The number of halogens is 1. The maximum absolute atomic E-state index is 10.5. The third-order valence-corrected chi connectivity index (χ3v) is 4.23. The molecule has 19 heavy (non-hydrogen) atoms. The van der Waals surface area contributed by atoms with E-state index in [1.54, 1.807) is 12.1 Å². The molecule has 0 bridgehead atoms. The summed E-state index contributed by atoms with van der Waals surface area (Å²) in [5, 5.41) is 22.9. The lowest BCUT2D eigenvalue weighted by Crippen LogP contribution is -2.40. The minimum absolute atomic E-state index is 0.441. The molecule has 0 saturated heterocycles. The van der Waals surface area contributed by atoms with E-state index in [0.29, 0.717) is 23.0 Å². The van der Waals surface area contributed by atoms with Gasteiger partial charge in [-0.1, -0.05) is 18.5 Å². The molecule has 1 aromatic rings.